The molecule has 0 saturated heterocycles. The third kappa shape index (κ3) is 5.79. The number of phenolic OH excluding ortho intramolecular Hbond substituents is 1. The highest BCUT2D eigenvalue weighted by molar-refractivity contribution is 9.10. The molecule has 25 heavy (non-hydrogen) atoms. The highest BCUT2D eigenvalue weighted by Gasteiger charge is 2.30. The number of aromatic hydroxyl groups is 1. The second-order valence-corrected chi connectivity index (χ2v) is 5.79. The van der Waals surface area contributed by atoms with Crippen molar-refractivity contribution >= 4 is 33.7 Å². The number of hydrazone groups is 1. The SMILES string of the molecule is O=C(CNc1cccc(C(F)(F)F)c1)N/N=C\c1ccc(O)c(Br)c1. The monoisotopic (exact) mass is 415 g/mol. The first-order valence-electron chi connectivity index (χ1n) is 6.97. The molecule has 0 aliphatic carbocycles. The summed E-state index contributed by atoms with van der Waals surface area (Å²) in [5.41, 5.74) is 2.26. The van der Waals surface area contributed by atoms with Crippen LogP contribution in [0.15, 0.2) is 52.0 Å². The summed E-state index contributed by atoms with van der Waals surface area (Å²) in [6, 6.07) is 9.21. The van der Waals surface area contributed by atoms with Crippen molar-refractivity contribution < 1.29 is 23.1 Å². The average Bonchev–Trinajstić information content (AvgIpc) is 2.56. The summed E-state index contributed by atoms with van der Waals surface area (Å²) in [6.07, 6.45) is -3.07. The van der Waals surface area contributed by atoms with E-state index in [1.54, 1.807) is 12.1 Å². The van der Waals surface area contributed by atoms with Crippen molar-refractivity contribution in [1.29, 1.82) is 0 Å². The topological polar surface area (TPSA) is 73.7 Å². The van der Waals surface area contributed by atoms with Gasteiger partial charge in [-0.05, 0) is 57.9 Å². The van der Waals surface area contributed by atoms with Crippen LogP contribution in [0.4, 0.5) is 18.9 Å². The zero-order valence-corrected chi connectivity index (χ0v) is 14.2. The first-order chi connectivity index (χ1) is 11.8. The molecule has 0 aliphatic rings. The molecule has 3 N–H and O–H groups in total. The Balaban J connectivity index is 1.86. The number of rotatable bonds is 5. The Morgan fingerprint density at radius 2 is 2.00 bits per heavy atom. The third-order valence-electron chi connectivity index (χ3n) is 3.02. The number of anilines is 1. The number of hydrogen-bond donors (Lipinski definition) is 3. The number of alkyl halides is 3. The van der Waals surface area contributed by atoms with Crippen molar-refractivity contribution in [2.45, 2.75) is 6.18 Å². The molecule has 0 fully saturated rings. The molecular weight excluding hydrogens is 403 g/mol. The number of carbonyl (C=O) groups excluding carboxylic acids is 1. The van der Waals surface area contributed by atoms with E-state index in [1.807, 2.05) is 0 Å². The third-order valence-corrected chi connectivity index (χ3v) is 3.65. The zero-order chi connectivity index (χ0) is 18.4. The molecule has 0 saturated carbocycles. The number of nitrogens with zero attached hydrogens (tertiary/aromatic N) is 1. The minimum atomic E-state index is -4.44. The number of carbonyl (C=O) groups is 1. The van der Waals surface area contributed by atoms with Crippen LogP contribution in [0.2, 0.25) is 0 Å². The lowest BCUT2D eigenvalue weighted by Gasteiger charge is -2.10. The van der Waals surface area contributed by atoms with E-state index in [9.17, 15) is 23.1 Å². The normalized spacial score (nSPS) is 11.5. The van der Waals surface area contributed by atoms with Crippen LogP contribution in [0.1, 0.15) is 11.1 Å². The van der Waals surface area contributed by atoms with E-state index < -0.39 is 17.6 Å². The van der Waals surface area contributed by atoms with E-state index >= 15 is 0 Å². The van der Waals surface area contributed by atoms with Crippen LogP contribution in [0.5, 0.6) is 5.75 Å². The molecule has 0 radical (unpaired) electrons. The summed E-state index contributed by atoms with van der Waals surface area (Å²) < 4.78 is 38.3. The van der Waals surface area contributed by atoms with Crippen molar-refractivity contribution in [2.75, 3.05) is 11.9 Å². The van der Waals surface area contributed by atoms with Crippen LogP contribution >= 0.6 is 15.9 Å². The van der Waals surface area contributed by atoms with E-state index in [0.717, 1.165) is 12.1 Å². The molecular formula is C16H13BrF3N3O2. The average molecular weight is 416 g/mol. The Bertz CT molecular complexity index is 794. The molecule has 0 aromatic heterocycles. The van der Waals surface area contributed by atoms with Crippen molar-refractivity contribution in [3.63, 3.8) is 0 Å². The molecule has 0 spiro atoms. The summed E-state index contributed by atoms with van der Waals surface area (Å²) in [6.45, 7) is -0.238. The van der Waals surface area contributed by atoms with Gasteiger partial charge in [0.1, 0.15) is 5.75 Å². The molecule has 2 aromatic carbocycles. The predicted molar refractivity (Wildman–Crippen MR) is 91.5 cm³/mol. The minimum Gasteiger partial charge on any atom is -0.507 e. The van der Waals surface area contributed by atoms with Gasteiger partial charge in [0.2, 0.25) is 0 Å². The van der Waals surface area contributed by atoms with Gasteiger partial charge < -0.3 is 10.4 Å². The Morgan fingerprint density at radius 3 is 2.68 bits per heavy atom. The largest absolute Gasteiger partial charge is 0.507 e. The lowest BCUT2D eigenvalue weighted by Crippen LogP contribution is -2.26. The molecule has 0 heterocycles. The van der Waals surface area contributed by atoms with Crippen LogP contribution in [-0.2, 0) is 11.0 Å². The molecule has 0 atom stereocenters. The first-order valence-corrected chi connectivity index (χ1v) is 7.76. The predicted octanol–water partition coefficient (Wildman–Crippen LogP) is 3.74. The second-order valence-electron chi connectivity index (χ2n) is 4.94. The van der Waals surface area contributed by atoms with Gasteiger partial charge in [0.25, 0.3) is 5.91 Å². The van der Waals surface area contributed by atoms with Crippen LogP contribution < -0.4 is 10.7 Å². The fourth-order valence-electron chi connectivity index (χ4n) is 1.81. The molecule has 0 unspecified atom stereocenters. The second kappa shape index (κ2) is 8.02. The van der Waals surface area contributed by atoms with Crippen molar-refractivity contribution in [2.24, 2.45) is 5.10 Å². The molecule has 5 nitrogen and oxygen atoms in total. The minimum absolute atomic E-state index is 0.0754. The molecule has 0 bridgehead atoms. The highest BCUT2D eigenvalue weighted by Crippen LogP contribution is 2.30. The molecule has 1 amide bonds. The van der Waals surface area contributed by atoms with Gasteiger partial charge in [-0.15, -0.1) is 0 Å². The quantitative estimate of drug-likeness (QED) is 0.514. The van der Waals surface area contributed by atoms with Gasteiger partial charge in [-0.3, -0.25) is 4.79 Å². The summed E-state index contributed by atoms with van der Waals surface area (Å²) in [5.74, 6) is -0.446. The number of halogens is 4. The van der Waals surface area contributed by atoms with Crippen molar-refractivity contribution in [3.8, 4) is 5.75 Å². The van der Waals surface area contributed by atoms with E-state index in [1.165, 1.54) is 24.4 Å². The Kier molecular flexibility index (Phi) is 6.02. The Morgan fingerprint density at radius 1 is 1.24 bits per heavy atom. The fraction of sp³-hybridized carbons (Fsp3) is 0.125. The summed E-state index contributed by atoms with van der Waals surface area (Å²) in [5, 5.41) is 15.7. The lowest BCUT2D eigenvalue weighted by atomic mass is 10.2. The summed E-state index contributed by atoms with van der Waals surface area (Å²) in [7, 11) is 0. The number of amides is 1. The maximum atomic E-state index is 12.6. The Hall–Kier alpha value is -2.55. The van der Waals surface area contributed by atoms with Gasteiger partial charge in [0.15, 0.2) is 0 Å². The molecule has 9 heteroatoms. The number of phenols is 1. The standard InChI is InChI=1S/C16H13BrF3N3O2/c17-13-6-10(4-5-14(13)24)8-22-23-15(25)9-21-12-3-1-2-11(7-12)16(18,19)20/h1-8,21,24H,9H2,(H,23,25)/b22-8-. The maximum absolute atomic E-state index is 12.6. The van der Waals surface area contributed by atoms with E-state index in [2.05, 4.69) is 31.8 Å². The molecule has 2 aromatic rings. The number of nitrogens with one attached hydrogen (secondary N) is 2. The highest BCUT2D eigenvalue weighted by atomic mass is 79.9. The summed E-state index contributed by atoms with van der Waals surface area (Å²) in [4.78, 5) is 11.7. The fourth-order valence-corrected chi connectivity index (χ4v) is 2.21. The smallest absolute Gasteiger partial charge is 0.416 e. The van der Waals surface area contributed by atoms with E-state index in [0.29, 0.717) is 10.0 Å². The van der Waals surface area contributed by atoms with Gasteiger partial charge in [-0.25, -0.2) is 5.43 Å². The summed E-state index contributed by atoms with van der Waals surface area (Å²) >= 11 is 3.15. The number of hydrogen-bond acceptors (Lipinski definition) is 4. The molecule has 0 aliphatic heterocycles. The molecule has 132 valence electrons. The van der Waals surface area contributed by atoms with Gasteiger partial charge >= 0.3 is 6.18 Å². The zero-order valence-electron chi connectivity index (χ0n) is 12.6. The lowest BCUT2D eigenvalue weighted by molar-refractivity contribution is -0.137. The van der Waals surface area contributed by atoms with Gasteiger partial charge in [0, 0.05) is 5.69 Å². The van der Waals surface area contributed by atoms with Crippen molar-refractivity contribution in [3.05, 3.63) is 58.1 Å². The van der Waals surface area contributed by atoms with E-state index in [-0.39, 0.29) is 18.0 Å². The molecule has 2 rings (SSSR count). The van der Waals surface area contributed by atoms with Crippen LogP contribution in [0.3, 0.4) is 0 Å². The van der Waals surface area contributed by atoms with Crippen molar-refractivity contribution in [1.82, 2.24) is 5.43 Å². The van der Waals surface area contributed by atoms with Gasteiger partial charge in [-0.2, -0.15) is 18.3 Å². The van der Waals surface area contributed by atoms with Crippen LogP contribution in [0.25, 0.3) is 0 Å². The van der Waals surface area contributed by atoms with Crippen LogP contribution in [-0.4, -0.2) is 23.8 Å². The van der Waals surface area contributed by atoms with Gasteiger partial charge in [0.05, 0.1) is 22.8 Å². The van der Waals surface area contributed by atoms with Crippen LogP contribution in [0, 0.1) is 0 Å². The van der Waals surface area contributed by atoms with Gasteiger partial charge in [-0.1, -0.05) is 6.07 Å². The number of benzene rings is 2. The maximum Gasteiger partial charge on any atom is 0.416 e. The first kappa shape index (κ1) is 18.8. The van der Waals surface area contributed by atoms with E-state index in [4.69, 9.17) is 0 Å². The Labute approximate surface area is 149 Å².